The molecule has 0 radical (unpaired) electrons. The summed E-state index contributed by atoms with van der Waals surface area (Å²) in [4.78, 5) is 11.6. The van der Waals surface area contributed by atoms with Crippen molar-refractivity contribution in [2.24, 2.45) is 0 Å². The van der Waals surface area contributed by atoms with Crippen LogP contribution in [0.4, 0.5) is 5.69 Å². The zero-order valence-corrected chi connectivity index (χ0v) is 11.2. The van der Waals surface area contributed by atoms with Crippen molar-refractivity contribution in [1.82, 2.24) is 5.32 Å². The van der Waals surface area contributed by atoms with Crippen molar-refractivity contribution in [3.05, 3.63) is 28.2 Å². The number of nitrogens with one attached hydrogen (secondary N) is 2. The number of hydrogen-bond acceptors (Lipinski definition) is 3. The van der Waals surface area contributed by atoms with Gasteiger partial charge in [-0.2, -0.15) is 5.26 Å². The number of amides is 1. The molecule has 1 aromatic carbocycles. The van der Waals surface area contributed by atoms with Crippen molar-refractivity contribution in [1.29, 1.82) is 5.26 Å². The van der Waals surface area contributed by atoms with E-state index < -0.39 is 0 Å². The predicted octanol–water partition coefficient (Wildman–Crippen LogP) is 2.26. The monoisotopic (exact) mass is 295 g/mol. The van der Waals surface area contributed by atoms with E-state index in [4.69, 9.17) is 5.26 Å². The summed E-state index contributed by atoms with van der Waals surface area (Å²) in [5.74, 6) is -0.145. The fourth-order valence-electron chi connectivity index (χ4n) is 1.29. The van der Waals surface area contributed by atoms with Crippen LogP contribution in [0.5, 0.6) is 0 Å². The summed E-state index contributed by atoms with van der Waals surface area (Å²) in [6.45, 7) is 3.09. The molecule has 0 spiro atoms. The molecular weight excluding hydrogens is 282 g/mol. The molecule has 0 aliphatic carbocycles. The fraction of sp³-hybridized carbons (Fsp3) is 0.333. The number of benzene rings is 1. The second-order valence-electron chi connectivity index (χ2n) is 3.53. The van der Waals surface area contributed by atoms with E-state index in [1.807, 2.05) is 13.0 Å². The Labute approximate surface area is 109 Å². The van der Waals surface area contributed by atoms with Crippen LogP contribution < -0.4 is 10.6 Å². The molecule has 0 saturated heterocycles. The van der Waals surface area contributed by atoms with E-state index >= 15 is 0 Å². The molecule has 0 atom stereocenters. The van der Waals surface area contributed by atoms with Gasteiger partial charge >= 0.3 is 0 Å². The lowest BCUT2D eigenvalue weighted by atomic mass is 10.2. The van der Waals surface area contributed by atoms with Crippen LogP contribution in [0, 0.1) is 11.3 Å². The van der Waals surface area contributed by atoms with Gasteiger partial charge in [-0.25, -0.2) is 0 Å². The third-order valence-corrected chi connectivity index (χ3v) is 2.58. The number of carbonyl (C=O) groups is 1. The van der Waals surface area contributed by atoms with Gasteiger partial charge in [-0.1, -0.05) is 22.9 Å². The molecule has 0 heterocycles. The van der Waals surface area contributed by atoms with Gasteiger partial charge in [0, 0.05) is 4.47 Å². The van der Waals surface area contributed by atoms with Crippen molar-refractivity contribution in [3.63, 3.8) is 0 Å². The van der Waals surface area contributed by atoms with Crippen molar-refractivity contribution < 1.29 is 4.79 Å². The lowest BCUT2D eigenvalue weighted by molar-refractivity contribution is -0.115. The molecule has 0 saturated carbocycles. The molecule has 0 aliphatic heterocycles. The van der Waals surface area contributed by atoms with E-state index in [1.54, 1.807) is 18.2 Å². The van der Waals surface area contributed by atoms with Crippen LogP contribution in [0.3, 0.4) is 0 Å². The second kappa shape index (κ2) is 7.05. The maximum absolute atomic E-state index is 11.6. The van der Waals surface area contributed by atoms with Gasteiger partial charge in [0.1, 0.15) is 6.07 Å². The molecule has 90 valence electrons. The Morgan fingerprint density at radius 1 is 1.53 bits per heavy atom. The van der Waals surface area contributed by atoms with E-state index in [0.717, 1.165) is 17.4 Å². The quantitative estimate of drug-likeness (QED) is 0.819. The number of rotatable bonds is 5. The van der Waals surface area contributed by atoms with Crippen molar-refractivity contribution in [2.75, 3.05) is 18.4 Å². The zero-order chi connectivity index (χ0) is 12.7. The smallest absolute Gasteiger partial charge is 0.238 e. The lowest BCUT2D eigenvalue weighted by Gasteiger charge is -2.08. The predicted molar refractivity (Wildman–Crippen MR) is 70.6 cm³/mol. The second-order valence-corrected chi connectivity index (χ2v) is 4.44. The standard InChI is InChI=1S/C12H14BrN3O/c1-2-5-15-8-12(17)16-11-6-10(13)4-3-9(11)7-14/h3-4,6,15H,2,5,8H2,1H3,(H,16,17). The molecular formula is C12H14BrN3O. The van der Waals surface area contributed by atoms with Crippen LogP contribution in [0.2, 0.25) is 0 Å². The average Bonchev–Trinajstić information content (AvgIpc) is 2.29. The Morgan fingerprint density at radius 3 is 2.94 bits per heavy atom. The number of carbonyl (C=O) groups excluding carboxylic acids is 1. The fourth-order valence-corrected chi connectivity index (χ4v) is 1.65. The molecule has 0 aromatic heterocycles. The number of anilines is 1. The number of halogens is 1. The Kier molecular flexibility index (Phi) is 5.67. The summed E-state index contributed by atoms with van der Waals surface area (Å²) in [7, 11) is 0. The minimum Gasteiger partial charge on any atom is -0.324 e. The van der Waals surface area contributed by atoms with E-state index in [0.29, 0.717) is 11.3 Å². The van der Waals surface area contributed by atoms with E-state index in [1.165, 1.54) is 0 Å². The summed E-state index contributed by atoms with van der Waals surface area (Å²) in [5.41, 5.74) is 0.988. The van der Waals surface area contributed by atoms with E-state index in [2.05, 4.69) is 26.6 Å². The first kappa shape index (κ1) is 13.7. The van der Waals surface area contributed by atoms with Gasteiger partial charge in [-0.3, -0.25) is 4.79 Å². The average molecular weight is 296 g/mol. The van der Waals surface area contributed by atoms with Crippen molar-refractivity contribution >= 4 is 27.5 Å². The highest BCUT2D eigenvalue weighted by Gasteiger charge is 2.06. The molecule has 0 unspecified atom stereocenters. The van der Waals surface area contributed by atoms with Gasteiger partial charge in [0.05, 0.1) is 17.8 Å². The zero-order valence-electron chi connectivity index (χ0n) is 9.59. The molecule has 1 aromatic rings. The Hall–Kier alpha value is -1.38. The Balaban J connectivity index is 2.64. The minimum atomic E-state index is -0.145. The first-order chi connectivity index (χ1) is 8.17. The normalized spacial score (nSPS) is 9.71. The molecule has 0 fully saturated rings. The summed E-state index contributed by atoms with van der Waals surface area (Å²) in [5, 5.41) is 14.6. The molecule has 1 amide bonds. The topological polar surface area (TPSA) is 64.9 Å². The molecule has 17 heavy (non-hydrogen) atoms. The molecule has 1 rings (SSSR count). The summed E-state index contributed by atoms with van der Waals surface area (Å²) in [6, 6.07) is 7.19. The summed E-state index contributed by atoms with van der Waals surface area (Å²) < 4.78 is 0.827. The number of nitrogens with zero attached hydrogens (tertiary/aromatic N) is 1. The lowest BCUT2D eigenvalue weighted by Crippen LogP contribution is -2.28. The third kappa shape index (κ3) is 4.55. The maximum atomic E-state index is 11.6. The Bertz CT molecular complexity index is 440. The highest BCUT2D eigenvalue weighted by Crippen LogP contribution is 2.20. The van der Waals surface area contributed by atoms with Crippen molar-refractivity contribution in [2.45, 2.75) is 13.3 Å². The van der Waals surface area contributed by atoms with Gasteiger partial charge in [-0.05, 0) is 31.2 Å². The summed E-state index contributed by atoms with van der Waals surface area (Å²) >= 11 is 3.30. The van der Waals surface area contributed by atoms with Gasteiger partial charge in [0.15, 0.2) is 0 Å². The molecule has 4 nitrogen and oxygen atoms in total. The first-order valence-electron chi connectivity index (χ1n) is 5.37. The van der Waals surface area contributed by atoms with Crippen LogP contribution in [-0.4, -0.2) is 19.0 Å². The van der Waals surface area contributed by atoms with Gasteiger partial charge in [-0.15, -0.1) is 0 Å². The SMILES string of the molecule is CCCNCC(=O)Nc1cc(Br)ccc1C#N. The van der Waals surface area contributed by atoms with Crippen LogP contribution in [0.15, 0.2) is 22.7 Å². The van der Waals surface area contributed by atoms with Crippen LogP contribution >= 0.6 is 15.9 Å². The highest BCUT2D eigenvalue weighted by molar-refractivity contribution is 9.10. The van der Waals surface area contributed by atoms with Gasteiger partial charge in [0.2, 0.25) is 5.91 Å². The Morgan fingerprint density at radius 2 is 2.29 bits per heavy atom. The molecule has 0 bridgehead atoms. The minimum absolute atomic E-state index is 0.145. The largest absolute Gasteiger partial charge is 0.324 e. The van der Waals surface area contributed by atoms with Gasteiger partial charge in [0.25, 0.3) is 0 Å². The molecule has 0 aliphatic rings. The van der Waals surface area contributed by atoms with Crippen LogP contribution in [0.1, 0.15) is 18.9 Å². The third-order valence-electron chi connectivity index (χ3n) is 2.09. The van der Waals surface area contributed by atoms with Crippen LogP contribution in [0.25, 0.3) is 0 Å². The summed E-state index contributed by atoms with van der Waals surface area (Å²) in [6.07, 6.45) is 0.980. The van der Waals surface area contributed by atoms with Gasteiger partial charge < -0.3 is 10.6 Å². The van der Waals surface area contributed by atoms with Crippen molar-refractivity contribution in [3.8, 4) is 6.07 Å². The first-order valence-corrected chi connectivity index (χ1v) is 6.17. The molecule has 2 N–H and O–H groups in total. The number of hydrogen-bond donors (Lipinski definition) is 2. The van der Waals surface area contributed by atoms with Crippen LogP contribution in [-0.2, 0) is 4.79 Å². The maximum Gasteiger partial charge on any atom is 0.238 e. The van der Waals surface area contributed by atoms with E-state index in [-0.39, 0.29) is 12.5 Å². The number of nitriles is 1. The highest BCUT2D eigenvalue weighted by atomic mass is 79.9. The molecule has 5 heteroatoms. The van der Waals surface area contributed by atoms with E-state index in [9.17, 15) is 4.79 Å².